The lowest BCUT2D eigenvalue weighted by molar-refractivity contribution is 0.0694. The molecule has 0 aliphatic carbocycles. The Kier molecular flexibility index (Phi) is 6.17. The van der Waals surface area contributed by atoms with Crippen LogP contribution in [0.4, 0.5) is 4.39 Å². The van der Waals surface area contributed by atoms with Crippen LogP contribution in [0.15, 0.2) is 48.5 Å². The molecule has 1 heterocycles. The molecule has 2 N–H and O–H groups in total. The molecule has 0 spiro atoms. The van der Waals surface area contributed by atoms with Crippen LogP contribution in [0.3, 0.4) is 0 Å². The zero-order valence-corrected chi connectivity index (χ0v) is 16.6. The molecule has 3 aromatic rings. The summed E-state index contributed by atoms with van der Waals surface area (Å²) in [5.74, 6) is -1.22. The first-order chi connectivity index (χ1) is 13.4. The maximum Gasteiger partial charge on any atom is 0.337 e. The molecule has 0 amide bonds. The Morgan fingerprint density at radius 3 is 2.43 bits per heavy atom. The molecule has 146 valence electrons. The van der Waals surface area contributed by atoms with Gasteiger partial charge in [0.1, 0.15) is 5.82 Å². The average molecular weight is 401 g/mol. The smallest absolute Gasteiger partial charge is 0.337 e. The SMILES string of the molecule is Cc1c(CNCc2ccc(F)cc2)c(C(=O)O)c(C)n1Cc1cccc(Cl)c1. The second-order valence-corrected chi connectivity index (χ2v) is 7.21. The zero-order chi connectivity index (χ0) is 20.3. The maximum absolute atomic E-state index is 13.0. The molecule has 0 radical (unpaired) electrons. The minimum atomic E-state index is -0.941. The van der Waals surface area contributed by atoms with E-state index in [0.717, 1.165) is 22.4 Å². The van der Waals surface area contributed by atoms with Crippen molar-refractivity contribution < 1.29 is 14.3 Å². The average Bonchev–Trinajstić information content (AvgIpc) is 2.88. The van der Waals surface area contributed by atoms with E-state index in [2.05, 4.69) is 5.32 Å². The van der Waals surface area contributed by atoms with E-state index in [1.165, 1.54) is 12.1 Å². The molecule has 0 unspecified atom stereocenters. The first-order valence-electron chi connectivity index (χ1n) is 8.98. The van der Waals surface area contributed by atoms with Gasteiger partial charge in [-0.25, -0.2) is 9.18 Å². The fourth-order valence-electron chi connectivity index (χ4n) is 3.44. The largest absolute Gasteiger partial charge is 0.478 e. The van der Waals surface area contributed by atoms with Gasteiger partial charge in [-0.05, 0) is 49.2 Å². The lowest BCUT2D eigenvalue weighted by Crippen LogP contribution is -2.15. The number of aromatic nitrogens is 1. The van der Waals surface area contributed by atoms with Crippen molar-refractivity contribution in [2.75, 3.05) is 0 Å². The van der Waals surface area contributed by atoms with E-state index < -0.39 is 5.97 Å². The monoisotopic (exact) mass is 400 g/mol. The lowest BCUT2D eigenvalue weighted by Gasteiger charge is -2.11. The third-order valence-electron chi connectivity index (χ3n) is 4.90. The molecule has 0 fully saturated rings. The normalized spacial score (nSPS) is 11.0. The van der Waals surface area contributed by atoms with Crippen LogP contribution in [0.1, 0.15) is 38.4 Å². The number of carboxylic acids is 1. The van der Waals surface area contributed by atoms with Crippen molar-refractivity contribution in [3.63, 3.8) is 0 Å². The van der Waals surface area contributed by atoms with Crippen molar-refractivity contribution in [3.8, 4) is 0 Å². The zero-order valence-electron chi connectivity index (χ0n) is 15.8. The van der Waals surface area contributed by atoms with Crippen molar-refractivity contribution >= 4 is 17.6 Å². The number of hydrogen-bond donors (Lipinski definition) is 2. The third-order valence-corrected chi connectivity index (χ3v) is 5.13. The topological polar surface area (TPSA) is 54.3 Å². The van der Waals surface area contributed by atoms with Crippen LogP contribution in [-0.2, 0) is 19.6 Å². The number of benzene rings is 2. The van der Waals surface area contributed by atoms with Gasteiger partial charge in [-0.2, -0.15) is 0 Å². The summed E-state index contributed by atoms with van der Waals surface area (Å²) in [6.07, 6.45) is 0. The molecular formula is C22H22ClFN2O2. The number of aromatic carboxylic acids is 1. The van der Waals surface area contributed by atoms with E-state index in [1.54, 1.807) is 12.1 Å². The van der Waals surface area contributed by atoms with Gasteiger partial charge in [-0.15, -0.1) is 0 Å². The summed E-state index contributed by atoms with van der Waals surface area (Å²) in [4.78, 5) is 11.9. The van der Waals surface area contributed by atoms with Gasteiger partial charge in [0, 0.05) is 41.6 Å². The van der Waals surface area contributed by atoms with Gasteiger partial charge in [0.25, 0.3) is 0 Å². The highest BCUT2D eigenvalue weighted by atomic mass is 35.5. The highest BCUT2D eigenvalue weighted by Crippen LogP contribution is 2.24. The molecule has 3 rings (SSSR count). The number of nitrogens with one attached hydrogen (secondary N) is 1. The fourth-order valence-corrected chi connectivity index (χ4v) is 3.65. The summed E-state index contributed by atoms with van der Waals surface area (Å²) in [6, 6.07) is 13.8. The molecule has 0 atom stereocenters. The Hall–Kier alpha value is -2.63. The molecule has 0 aliphatic heterocycles. The van der Waals surface area contributed by atoms with Crippen molar-refractivity contribution in [1.29, 1.82) is 0 Å². The summed E-state index contributed by atoms with van der Waals surface area (Å²) in [7, 11) is 0. The summed E-state index contributed by atoms with van der Waals surface area (Å²) < 4.78 is 15.0. The second-order valence-electron chi connectivity index (χ2n) is 6.78. The fraction of sp³-hybridized carbons (Fsp3) is 0.227. The molecule has 1 aromatic heterocycles. The summed E-state index contributed by atoms with van der Waals surface area (Å²) >= 11 is 6.08. The van der Waals surface area contributed by atoms with Gasteiger partial charge in [-0.1, -0.05) is 35.9 Å². The second kappa shape index (κ2) is 8.59. The molecule has 0 saturated carbocycles. The quantitative estimate of drug-likeness (QED) is 0.591. The van der Waals surface area contributed by atoms with E-state index in [0.29, 0.717) is 35.9 Å². The van der Waals surface area contributed by atoms with Crippen LogP contribution in [0.2, 0.25) is 5.02 Å². The van der Waals surface area contributed by atoms with Gasteiger partial charge < -0.3 is 15.0 Å². The number of carboxylic acid groups (broad SMARTS) is 1. The Labute approximate surface area is 168 Å². The molecular weight excluding hydrogens is 379 g/mol. The Morgan fingerprint density at radius 2 is 1.79 bits per heavy atom. The minimum Gasteiger partial charge on any atom is -0.478 e. The maximum atomic E-state index is 13.0. The van der Waals surface area contributed by atoms with E-state index in [1.807, 2.05) is 42.7 Å². The van der Waals surface area contributed by atoms with Crippen molar-refractivity contribution in [3.05, 3.63) is 93.0 Å². The van der Waals surface area contributed by atoms with E-state index >= 15 is 0 Å². The number of nitrogens with zero attached hydrogens (tertiary/aromatic N) is 1. The first kappa shape index (κ1) is 20.1. The standard InChI is InChI=1S/C22H22ClFN2O2/c1-14-20(12-25-11-16-6-8-19(24)9-7-16)21(22(27)28)15(2)26(14)13-17-4-3-5-18(23)10-17/h3-10,25H,11-13H2,1-2H3,(H,27,28). The van der Waals surface area contributed by atoms with Crippen LogP contribution in [0.5, 0.6) is 0 Å². The van der Waals surface area contributed by atoms with E-state index in [-0.39, 0.29) is 5.82 Å². The van der Waals surface area contributed by atoms with Gasteiger partial charge in [-0.3, -0.25) is 0 Å². The van der Waals surface area contributed by atoms with Gasteiger partial charge in [0.15, 0.2) is 0 Å². The predicted octanol–water partition coefficient (Wildman–Crippen LogP) is 4.93. The highest BCUT2D eigenvalue weighted by Gasteiger charge is 2.22. The molecule has 0 bridgehead atoms. The molecule has 0 aliphatic rings. The van der Waals surface area contributed by atoms with Crippen molar-refractivity contribution in [2.24, 2.45) is 0 Å². The number of hydrogen-bond acceptors (Lipinski definition) is 2. The van der Waals surface area contributed by atoms with Crippen LogP contribution >= 0.6 is 11.6 Å². The van der Waals surface area contributed by atoms with Crippen LogP contribution < -0.4 is 5.32 Å². The molecule has 0 saturated heterocycles. The highest BCUT2D eigenvalue weighted by molar-refractivity contribution is 6.30. The Balaban J connectivity index is 1.83. The van der Waals surface area contributed by atoms with Crippen LogP contribution in [-0.4, -0.2) is 15.6 Å². The van der Waals surface area contributed by atoms with Crippen LogP contribution in [0, 0.1) is 19.7 Å². The van der Waals surface area contributed by atoms with E-state index in [4.69, 9.17) is 11.6 Å². The summed E-state index contributed by atoms with van der Waals surface area (Å²) in [5, 5.41) is 13.7. The Bertz CT molecular complexity index is 997. The number of rotatable bonds is 7. The first-order valence-corrected chi connectivity index (χ1v) is 9.36. The third kappa shape index (κ3) is 4.43. The Morgan fingerprint density at radius 1 is 1.07 bits per heavy atom. The van der Waals surface area contributed by atoms with Crippen molar-refractivity contribution in [2.45, 2.75) is 33.5 Å². The van der Waals surface area contributed by atoms with Crippen molar-refractivity contribution in [1.82, 2.24) is 9.88 Å². The number of halogens is 2. The lowest BCUT2D eigenvalue weighted by atomic mass is 10.1. The predicted molar refractivity (Wildman–Crippen MR) is 108 cm³/mol. The van der Waals surface area contributed by atoms with Gasteiger partial charge in [0.05, 0.1) is 5.56 Å². The molecule has 28 heavy (non-hydrogen) atoms. The number of carbonyl (C=O) groups is 1. The summed E-state index contributed by atoms with van der Waals surface area (Å²) in [5.41, 5.74) is 4.65. The molecule has 2 aromatic carbocycles. The van der Waals surface area contributed by atoms with Gasteiger partial charge >= 0.3 is 5.97 Å². The summed E-state index contributed by atoms with van der Waals surface area (Å²) in [6.45, 7) is 5.24. The van der Waals surface area contributed by atoms with Gasteiger partial charge in [0.2, 0.25) is 0 Å². The minimum absolute atomic E-state index is 0.276. The van der Waals surface area contributed by atoms with E-state index in [9.17, 15) is 14.3 Å². The molecule has 6 heteroatoms. The molecule has 4 nitrogen and oxygen atoms in total. The van der Waals surface area contributed by atoms with Crippen LogP contribution in [0.25, 0.3) is 0 Å².